The van der Waals surface area contributed by atoms with Crippen LogP contribution in [0, 0.1) is 11.3 Å². The number of benzene rings is 1. The first-order chi connectivity index (χ1) is 11.4. The molecule has 3 heterocycles. The second kappa shape index (κ2) is 5.69. The second-order valence-corrected chi connectivity index (χ2v) is 5.65. The van der Waals surface area contributed by atoms with Crippen LogP contribution in [-0.2, 0) is 19.5 Å². The number of hydrogen-bond acceptors (Lipinski definition) is 5. The minimum Gasteiger partial charge on any atom is -0.351 e. The number of fused-ring (bicyclic) bond motifs is 2. The molecular weight excluding hydrogens is 288 g/mol. The van der Waals surface area contributed by atoms with E-state index in [9.17, 15) is 0 Å². The summed E-state index contributed by atoms with van der Waals surface area (Å²) < 4.78 is 1.78. The summed E-state index contributed by atoms with van der Waals surface area (Å²) in [7, 11) is 0. The normalized spacial score (nSPS) is 13.8. The summed E-state index contributed by atoms with van der Waals surface area (Å²) in [6.45, 7) is 2.34. The number of nitriles is 1. The molecule has 0 saturated carbocycles. The van der Waals surface area contributed by atoms with Gasteiger partial charge in [0.05, 0.1) is 30.6 Å². The van der Waals surface area contributed by atoms with Crippen LogP contribution < -0.4 is 4.90 Å². The van der Waals surface area contributed by atoms with Gasteiger partial charge in [0.25, 0.3) is 0 Å². The first-order valence-corrected chi connectivity index (χ1v) is 7.72. The molecule has 0 atom stereocenters. The predicted molar refractivity (Wildman–Crippen MR) is 86.7 cm³/mol. The lowest BCUT2D eigenvalue weighted by Crippen LogP contribution is -2.31. The van der Waals surface area contributed by atoms with Crippen molar-refractivity contribution in [1.29, 1.82) is 5.26 Å². The van der Waals surface area contributed by atoms with Crippen LogP contribution in [0.2, 0.25) is 0 Å². The van der Waals surface area contributed by atoms with Crippen LogP contribution in [0.4, 0.5) is 5.82 Å². The van der Waals surface area contributed by atoms with Crippen molar-refractivity contribution in [1.82, 2.24) is 19.7 Å². The minimum absolute atomic E-state index is 0.424. The van der Waals surface area contributed by atoms with Gasteiger partial charge in [0.2, 0.25) is 0 Å². The predicted octanol–water partition coefficient (Wildman–Crippen LogP) is 2.30. The maximum atomic E-state index is 8.76. The van der Waals surface area contributed by atoms with Gasteiger partial charge in [-0.15, -0.1) is 0 Å². The summed E-state index contributed by atoms with van der Waals surface area (Å²) >= 11 is 0. The third kappa shape index (κ3) is 2.40. The maximum Gasteiger partial charge on any atom is 0.163 e. The molecule has 1 aliphatic heterocycles. The largest absolute Gasteiger partial charge is 0.351 e. The van der Waals surface area contributed by atoms with E-state index in [4.69, 9.17) is 5.26 Å². The Bertz CT molecular complexity index is 891. The van der Waals surface area contributed by atoms with Crippen molar-refractivity contribution in [2.24, 2.45) is 0 Å². The van der Waals surface area contributed by atoms with Crippen LogP contribution in [0.3, 0.4) is 0 Å². The molecule has 0 aliphatic carbocycles. The average molecular weight is 304 g/mol. The molecule has 1 aromatic carbocycles. The quantitative estimate of drug-likeness (QED) is 0.742. The molecule has 6 heteroatoms. The number of rotatable bonds is 3. The third-order valence-corrected chi connectivity index (χ3v) is 4.28. The van der Waals surface area contributed by atoms with Crippen molar-refractivity contribution in [2.45, 2.75) is 25.9 Å². The van der Waals surface area contributed by atoms with E-state index in [0.717, 1.165) is 36.4 Å². The van der Waals surface area contributed by atoms with E-state index in [2.05, 4.69) is 50.3 Å². The highest BCUT2D eigenvalue weighted by Gasteiger charge is 2.20. The Morgan fingerprint density at radius 3 is 2.91 bits per heavy atom. The molecule has 6 nitrogen and oxygen atoms in total. The minimum atomic E-state index is 0.424. The zero-order valence-corrected chi connectivity index (χ0v) is 12.7. The highest BCUT2D eigenvalue weighted by molar-refractivity contribution is 5.86. The summed E-state index contributed by atoms with van der Waals surface area (Å²) in [6, 6.07) is 10.7. The standard InChI is InChI=1S/C17H16N6/c18-7-3-8-23-17-15(10-21-23)16(19-12-20-17)22-9-6-13-4-1-2-5-14(13)11-22/h1-2,4-5,10,12H,3,6,8-9,11H2. The molecule has 0 unspecified atom stereocenters. The van der Waals surface area contributed by atoms with Gasteiger partial charge >= 0.3 is 0 Å². The highest BCUT2D eigenvalue weighted by Crippen LogP contribution is 2.28. The van der Waals surface area contributed by atoms with Gasteiger partial charge in [-0.1, -0.05) is 24.3 Å². The van der Waals surface area contributed by atoms with E-state index in [1.807, 2.05) is 6.20 Å². The van der Waals surface area contributed by atoms with Crippen LogP contribution in [0.25, 0.3) is 11.0 Å². The van der Waals surface area contributed by atoms with E-state index in [-0.39, 0.29) is 0 Å². The van der Waals surface area contributed by atoms with Crippen LogP contribution in [0.5, 0.6) is 0 Å². The molecule has 0 fully saturated rings. The van der Waals surface area contributed by atoms with E-state index in [0.29, 0.717) is 13.0 Å². The van der Waals surface area contributed by atoms with E-state index in [1.165, 1.54) is 11.1 Å². The van der Waals surface area contributed by atoms with Gasteiger partial charge in [-0.2, -0.15) is 10.4 Å². The van der Waals surface area contributed by atoms with Crippen molar-refractivity contribution in [3.63, 3.8) is 0 Å². The van der Waals surface area contributed by atoms with Crippen LogP contribution in [0.1, 0.15) is 17.5 Å². The van der Waals surface area contributed by atoms with Crippen molar-refractivity contribution in [3.8, 4) is 6.07 Å². The second-order valence-electron chi connectivity index (χ2n) is 5.65. The molecule has 0 N–H and O–H groups in total. The molecule has 3 aromatic rings. The van der Waals surface area contributed by atoms with Gasteiger partial charge in [-0.25, -0.2) is 14.6 Å². The lowest BCUT2D eigenvalue weighted by Gasteiger charge is -2.29. The SMILES string of the molecule is N#CCCn1ncc2c(N3CCc4ccccc4C3)ncnc21. The number of aromatic nitrogens is 4. The fourth-order valence-electron chi connectivity index (χ4n) is 3.13. The van der Waals surface area contributed by atoms with Gasteiger partial charge in [0, 0.05) is 13.1 Å². The van der Waals surface area contributed by atoms with Gasteiger partial charge < -0.3 is 4.90 Å². The molecule has 23 heavy (non-hydrogen) atoms. The summed E-state index contributed by atoms with van der Waals surface area (Å²) in [4.78, 5) is 11.1. The average Bonchev–Trinajstić information content (AvgIpc) is 3.02. The van der Waals surface area contributed by atoms with Crippen molar-refractivity contribution in [3.05, 3.63) is 47.9 Å². The molecule has 2 aromatic heterocycles. The van der Waals surface area contributed by atoms with Crippen LogP contribution >= 0.6 is 0 Å². The summed E-state index contributed by atoms with van der Waals surface area (Å²) in [5, 5.41) is 14.1. The lowest BCUT2D eigenvalue weighted by molar-refractivity contribution is 0.643. The molecule has 114 valence electrons. The van der Waals surface area contributed by atoms with Crippen molar-refractivity contribution >= 4 is 16.9 Å². The van der Waals surface area contributed by atoms with E-state index >= 15 is 0 Å². The smallest absolute Gasteiger partial charge is 0.163 e. The third-order valence-electron chi connectivity index (χ3n) is 4.28. The van der Waals surface area contributed by atoms with Gasteiger partial charge in [0.15, 0.2) is 5.65 Å². The molecule has 0 spiro atoms. The monoisotopic (exact) mass is 304 g/mol. The fourth-order valence-corrected chi connectivity index (χ4v) is 3.13. The molecule has 4 rings (SSSR count). The van der Waals surface area contributed by atoms with Gasteiger partial charge in [0.1, 0.15) is 12.1 Å². The molecular formula is C17H16N6. The van der Waals surface area contributed by atoms with Crippen LogP contribution in [-0.4, -0.2) is 26.3 Å². The first kappa shape index (κ1) is 13.7. The summed E-state index contributed by atoms with van der Waals surface area (Å²) in [6.07, 6.45) is 4.84. The zero-order valence-electron chi connectivity index (χ0n) is 12.7. The topological polar surface area (TPSA) is 70.6 Å². The Morgan fingerprint density at radius 1 is 1.17 bits per heavy atom. The lowest BCUT2D eigenvalue weighted by atomic mass is 10.00. The molecule has 0 amide bonds. The molecule has 0 bridgehead atoms. The fraction of sp³-hybridized carbons (Fsp3) is 0.294. The Labute approximate surface area is 134 Å². The number of anilines is 1. The number of aryl methyl sites for hydroxylation is 1. The zero-order chi connectivity index (χ0) is 15.6. The van der Waals surface area contributed by atoms with Crippen LogP contribution in [0.15, 0.2) is 36.8 Å². The molecule has 1 aliphatic rings. The number of hydrogen-bond donors (Lipinski definition) is 0. The van der Waals surface area contributed by atoms with Crippen molar-refractivity contribution in [2.75, 3.05) is 11.4 Å². The van der Waals surface area contributed by atoms with Crippen molar-refractivity contribution < 1.29 is 0 Å². The highest BCUT2D eigenvalue weighted by atomic mass is 15.3. The van der Waals surface area contributed by atoms with Gasteiger partial charge in [-0.05, 0) is 17.5 Å². The molecule has 0 radical (unpaired) electrons. The molecule has 0 saturated heterocycles. The van der Waals surface area contributed by atoms with Gasteiger partial charge in [-0.3, -0.25) is 0 Å². The Hall–Kier alpha value is -2.94. The summed E-state index contributed by atoms with van der Waals surface area (Å²) in [5.41, 5.74) is 3.56. The summed E-state index contributed by atoms with van der Waals surface area (Å²) in [5.74, 6) is 0.924. The Morgan fingerprint density at radius 2 is 2.04 bits per heavy atom. The number of nitrogens with zero attached hydrogens (tertiary/aromatic N) is 6. The van der Waals surface area contributed by atoms with E-state index in [1.54, 1.807) is 11.0 Å². The van der Waals surface area contributed by atoms with E-state index < -0.39 is 0 Å². The first-order valence-electron chi connectivity index (χ1n) is 7.72. The Kier molecular flexibility index (Phi) is 3.39. The maximum absolute atomic E-state index is 8.76. The Balaban J connectivity index is 1.70.